The molecule has 0 bridgehead atoms. The Kier molecular flexibility index (Phi) is 2.70. The second-order valence-electron chi connectivity index (χ2n) is 3.29. The molecule has 5 nitrogen and oxygen atoms in total. The molecule has 1 saturated carbocycles. The number of hydrogen-bond donors (Lipinski definition) is 1. The second-order valence-corrected chi connectivity index (χ2v) is 4.83. The molecule has 1 N–H and O–H groups in total. The highest BCUT2D eigenvalue weighted by Gasteiger charge is 2.58. The number of carboxylic acid groups (broad SMARTS) is 1. The number of hydrogen-bond acceptors (Lipinski definition) is 4. The molecule has 1 aliphatic carbocycles. The highest BCUT2D eigenvalue weighted by molar-refractivity contribution is 7.87. The second kappa shape index (κ2) is 3.37. The van der Waals surface area contributed by atoms with Crippen LogP contribution < -0.4 is 0 Å². The average molecular weight is 260 g/mol. The van der Waals surface area contributed by atoms with E-state index in [0.717, 1.165) is 0 Å². The molecule has 0 spiro atoms. The normalized spacial score (nSPS) is 18.9. The van der Waals surface area contributed by atoms with E-state index in [2.05, 4.69) is 10.8 Å². The van der Waals surface area contributed by atoms with Crippen LogP contribution in [0.5, 0.6) is 0 Å². The molecule has 0 atom stereocenters. The maximum Gasteiger partial charge on any atom is 0.534 e. The summed E-state index contributed by atoms with van der Waals surface area (Å²) in [5.74, 6) is -2.35. The largest absolute Gasteiger partial charge is 0.534 e. The van der Waals surface area contributed by atoms with Gasteiger partial charge in [-0.2, -0.15) is 21.6 Å². The lowest BCUT2D eigenvalue weighted by Crippen LogP contribution is -2.28. The predicted octanol–water partition coefficient (Wildman–Crippen LogP) is 1.23. The number of carboxylic acids is 1. The summed E-state index contributed by atoms with van der Waals surface area (Å²) >= 11 is 0. The molecule has 0 saturated heterocycles. The molecule has 0 radical (unpaired) electrons. The van der Waals surface area contributed by atoms with Gasteiger partial charge in [0.2, 0.25) is 0 Å². The Hall–Kier alpha value is -1.25. The molecule has 0 heterocycles. The summed E-state index contributed by atoms with van der Waals surface area (Å²) in [6.07, 6.45) is 0.0170. The van der Waals surface area contributed by atoms with Crippen molar-refractivity contribution in [2.45, 2.75) is 18.3 Å². The zero-order valence-electron chi connectivity index (χ0n) is 7.74. The average Bonchev–Trinajstić information content (AvgIpc) is 2.79. The van der Waals surface area contributed by atoms with Crippen molar-refractivity contribution < 1.29 is 35.7 Å². The zero-order chi connectivity index (χ0) is 12.8. The van der Waals surface area contributed by atoms with E-state index in [1.54, 1.807) is 0 Å². The number of halogens is 3. The van der Waals surface area contributed by atoms with Gasteiger partial charge < -0.3 is 9.29 Å². The first-order valence-electron chi connectivity index (χ1n) is 3.96. The molecule has 0 aromatic heterocycles. The van der Waals surface area contributed by atoms with E-state index in [-0.39, 0.29) is 12.8 Å². The topological polar surface area (TPSA) is 80.7 Å². The van der Waals surface area contributed by atoms with Crippen LogP contribution in [-0.4, -0.2) is 25.0 Å². The van der Waals surface area contributed by atoms with E-state index in [0.29, 0.717) is 0 Å². The summed E-state index contributed by atoms with van der Waals surface area (Å²) in [4.78, 5) is 10.6. The van der Waals surface area contributed by atoms with Gasteiger partial charge in [-0.15, -0.1) is 0 Å². The van der Waals surface area contributed by atoms with Crippen LogP contribution in [-0.2, 0) is 19.1 Å². The van der Waals surface area contributed by atoms with Crippen molar-refractivity contribution in [1.29, 1.82) is 0 Å². The van der Waals surface area contributed by atoms with Crippen molar-refractivity contribution in [3.8, 4) is 0 Å². The molecular formula is C7H7F3O5S. The van der Waals surface area contributed by atoms with Crippen molar-refractivity contribution in [2.24, 2.45) is 5.41 Å². The van der Waals surface area contributed by atoms with Gasteiger partial charge in [-0.25, -0.2) is 0 Å². The number of alkyl halides is 3. The van der Waals surface area contributed by atoms with Gasteiger partial charge >= 0.3 is 21.6 Å². The Balaban J connectivity index is 2.86. The van der Waals surface area contributed by atoms with Crippen molar-refractivity contribution in [3.05, 3.63) is 12.3 Å². The Morgan fingerprint density at radius 3 is 2.06 bits per heavy atom. The van der Waals surface area contributed by atoms with Gasteiger partial charge in [-0.3, -0.25) is 4.79 Å². The summed E-state index contributed by atoms with van der Waals surface area (Å²) in [5.41, 5.74) is -7.29. The van der Waals surface area contributed by atoms with E-state index in [9.17, 15) is 26.4 Å². The van der Waals surface area contributed by atoms with E-state index in [4.69, 9.17) is 5.11 Å². The molecule has 1 rings (SSSR count). The number of rotatable bonds is 4. The molecule has 16 heavy (non-hydrogen) atoms. The molecule has 9 heteroatoms. The van der Waals surface area contributed by atoms with Crippen molar-refractivity contribution in [1.82, 2.24) is 0 Å². The summed E-state index contributed by atoms with van der Waals surface area (Å²) < 4.78 is 60.5. The Labute approximate surface area is 88.6 Å². The molecule has 0 unspecified atom stereocenters. The van der Waals surface area contributed by atoms with Crippen molar-refractivity contribution in [2.75, 3.05) is 0 Å². The molecular weight excluding hydrogens is 253 g/mol. The lowest BCUT2D eigenvalue weighted by molar-refractivity contribution is -0.142. The molecule has 0 amide bonds. The first kappa shape index (κ1) is 12.8. The maximum absolute atomic E-state index is 11.9. The van der Waals surface area contributed by atoms with Gasteiger partial charge in [-0.1, -0.05) is 6.58 Å². The van der Waals surface area contributed by atoms with Crippen LogP contribution in [0.3, 0.4) is 0 Å². The minimum Gasteiger partial charge on any atom is -0.480 e. The van der Waals surface area contributed by atoms with Crippen LogP contribution in [0, 0.1) is 5.41 Å². The lowest BCUT2D eigenvalue weighted by Gasteiger charge is -2.15. The van der Waals surface area contributed by atoms with Gasteiger partial charge in [0.15, 0.2) is 0 Å². The third kappa shape index (κ3) is 1.99. The molecule has 1 aliphatic rings. The van der Waals surface area contributed by atoms with E-state index in [1.807, 2.05) is 0 Å². The molecule has 0 aromatic carbocycles. The summed E-state index contributed by atoms with van der Waals surface area (Å²) in [6, 6.07) is 0. The smallest absolute Gasteiger partial charge is 0.480 e. The Bertz CT molecular complexity index is 431. The van der Waals surface area contributed by atoms with Gasteiger partial charge in [0.25, 0.3) is 0 Å². The first-order valence-corrected chi connectivity index (χ1v) is 5.37. The van der Waals surface area contributed by atoms with E-state index < -0.39 is 32.8 Å². The summed E-state index contributed by atoms with van der Waals surface area (Å²) in [6.45, 7) is 2.93. The van der Waals surface area contributed by atoms with Gasteiger partial charge in [0, 0.05) is 0 Å². The van der Waals surface area contributed by atoms with Crippen LogP contribution in [0.4, 0.5) is 13.2 Å². The van der Waals surface area contributed by atoms with Crippen LogP contribution >= 0.6 is 0 Å². The number of aliphatic carboxylic acids is 1. The fourth-order valence-corrected chi connectivity index (χ4v) is 1.52. The highest BCUT2D eigenvalue weighted by atomic mass is 32.2. The Morgan fingerprint density at radius 2 is 1.81 bits per heavy atom. The number of carbonyl (C=O) groups is 1. The first-order chi connectivity index (χ1) is 7.03. The monoisotopic (exact) mass is 260 g/mol. The van der Waals surface area contributed by atoms with E-state index >= 15 is 0 Å². The zero-order valence-corrected chi connectivity index (χ0v) is 8.56. The fourth-order valence-electron chi connectivity index (χ4n) is 0.996. The lowest BCUT2D eigenvalue weighted by atomic mass is 10.1. The standard InChI is InChI=1S/C7H7F3O5S/c1-4(6(2-3-6)5(11)12)15-16(13,14)7(8,9)10/h1-3H2,(H,11,12). The van der Waals surface area contributed by atoms with Gasteiger partial charge in [0.1, 0.15) is 11.2 Å². The van der Waals surface area contributed by atoms with Crippen LogP contribution in [0.25, 0.3) is 0 Å². The molecule has 0 aromatic rings. The quantitative estimate of drug-likeness (QED) is 0.467. The molecule has 1 fully saturated rings. The predicted molar refractivity (Wildman–Crippen MR) is 44.5 cm³/mol. The third-order valence-electron chi connectivity index (χ3n) is 2.19. The third-order valence-corrected chi connectivity index (χ3v) is 3.17. The van der Waals surface area contributed by atoms with Crippen LogP contribution in [0.1, 0.15) is 12.8 Å². The van der Waals surface area contributed by atoms with Crippen LogP contribution in [0.2, 0.25) is 0 Å². The summed E-state index contributed by atoms with van der Waals surface area (Å²) in [7, 11) is -5.84. The van der Waals surface area contributed by atoms with E-state index in [1.165, 1.54) is 0 Å². The van der Waals surface area contributed by atoms with Gasteiger partial charge in [-0.05, 0) is 12.8 Å². The molecule has 0 aliphatic heterocycles. The van der Waals surface area contributed by atoms with Gasteiger partial charge in [0.05, 0.1) is 0 Å². The minimum atomic E-state index is -5.84. The van der Waals surface area contributed by atoms with Crippen LogP contribution in [0.15, 0.2) is 12.3 Å². The minimum absolute atomic E-state index is 0.00848. The molecule has 92 valence electrons. The maximum atomic E-state index is 11.9. The van der Waals surface area contributed by atoms with Crippen molar-refractivity contribution >= 4 is 16.1 Å². The highest BCUT2D eigenvalue weighted by Crippen LogP contribution is 2.52. The SMILES string of the molecule is C=C(OS(=O)(=O)C(F)(F)F)C1(C(=O)O)CC1. The fraction of sp³-hybridized carbons (Fsp3) is 0.571. The summed E-state index contributed by atoms with van der Waals surface area (Å²) in [5, 5.41) is 8.66. The Morgan fingerprint density at radius 1 is 1.38 bits per heavy atom. The van der Waals surface area contributed by atoms with Crippen molar-refractivity contribution in [3.63, 3.8) is 0 Å².